The zero-order valence-electron chi connectivity index (χ0n) is 21.0. The molecule has 0 amide bonds. The Labute approximate surface area is 218 Å². The molecule has 0 spiro atoms. The molecule has 3 aromatic carbocycles. The molecule has 0 saturated carbocycles. The fraction of sp³-hybridized carbons (Fsp3) is 0.241. The molecule has 38 heavy (non-hydrogen) atoms. The number of hydrogen-bond acceptors (Lipinski definition) is 6. The second-order valence-corrected chi connectivity index (χ2v) is 9.39. The zero-order valence-corrected chi connectivity index (χ0v) is 21.0. The Morgan fingerprint density at radius 3 is 2.76 bits per heavy atom. The van der Waals surface area contributed by atoms with Crippen LogP contribution in [0.5, 0.6) is 5.75 Å². The highest BCUT2D eigenvalue weighted by Gasteiger charge is 2.33. The number of aryl methyl sites for hydroxylation is 1. The number of aromatic nitrogens is 5. The maximum atomic E-state index is 13.6. The summed E-state index contributed by atoms with van der Waals surface area (Å²) in [7, 11) is 0. The smallest absolute Gasteiger partial charge is 0.254 e. The average molecular weight is 511 g/mol. The number of fused-ring (bicyclic) bond motifs is 2. The minimum atomic E-state index is -0.546. The van der Waals surface area contributed by atoms with Gasteiger partial charge in [0.05, 0.1) is 13.2 Å². The van der Waals surface area contributed by atoms with E-state index in [0.29, 0.717) is 24.5 Å². The van der Waals surface area contributed by atoms with Gasteiger partial charge in [-0.1, -0.05) is 30.3 Å². The van der Waals surface area contributed by atoms with Gasteiger partial charge in [0.2, 0.25) is 0 Å². The Balaban J connectivity index is 1.52. The number of pyridine rings is 1. The van der Waals surface area contributed by atoms with Crippen molar-refractivity contribution < 1.29 is 9.13 Å². The van der Waals surface area contributed by atoms with Crippen LogP contribution in [0.2, 0.25) is 0 Å². The Hall–Kier alpha value is -4.53. The fourth-order valence-electron chi connectivity index (χ4n) is 5.22. The van der Waals surface area contributed by atoms with Crippen molar-refractivity contribution in [1.29, 1.82) is 0 Å². The fourth-order valence-corrected chi connectivity index (χ4v) is 5.22. The maximum absolute atomic E-state index is 13.6. The van der Waals surface area contributed by atoms with E-state index in [-0.39, 0.29) is 11.4 Å². The molecule has 3 heterocycles. The van der Waals surface area contributed by atoms with Crippen molar-refractivity contribution >= 4 is 16.6 Å². The molecule has 0 unspecified atom stereocenters. The van der Waals surface area contributed by atoms with E-state index in [9.17, 15) is 9.18 Å². The number of tetrazole rings is 1. The lowest BCUT2D eigenvalue weighted by Gasteiger charge is -2.37. The third-order valence-electron chi connectivity index (χ3n) is 6.96. The summed E-state index contributed by atoms with van der Waals surface area (Å²) >= 11 is 0. The SMILES string of the molecule is CCOc1ccc2[nH]c(=O)c([C@H](c3nnnn3Cc3ccc(F)cc3)N3CCCc4ccccc43)cc2c1. The van der Waals surface area contributed by atoms with Crippen molar-refractivity contribution in [2.24, 2.45) is 0 Å². The number of aromatic amines is 1. The first-order chi connectivity index (χ1) is 18.6. The summed E-state index contributed by atoms with van der Waals surface area (Å²) in [6, 6.07) is 21.5. The first kappa shape index (κ1) is 23.8. The van der Waals surface area contributed by atoms with Gasteiger partial charge >= 0.3 is 0 Å². The number of hydrogen-bond donors (Lipinski definition) is 1. The number of nitrogens with zero attached hydrogens (tertiary/aromatic N) is 5. The van der Waals surface area contributed by atoms with Crippen molar-refractivity contribution in [2.45, 2.75) is 32.4 Å². The van der Waals surface area contributed by atoms with Gasteiger partial charge in [0.1, 0.15) is 17.6 Å². The van der Waals surface area contributed by atoms with E-state index in [0.717, 1.165) is 47.3 Å². The molecule has 1 aliphatic rings. The zero-order chi connectivity index (χ0) is 26.1. The Morgan fingerprint density at radius 2 is 1.92 bits per heavy atom. The summed E-state index contributed by atoms with van der Waals surface area (Å²) in [5.41, 5.74) is 4.20. The molecule has 1 atom stereocenters. The lowest BCUT2D eigenvalue weighted by Crippen LogP contribution is -2.38. The highest BCUT2D eigenvalue weighted by Crippen LogP contribution is 2.37. The molecule has 0 aliphatic carbocycles. The summed E-state index contributed by atoms with van der Waals surface area (Å²) in [5.74, 6) is 0.971. The number of rotatable bonds is 7. The molecule has 0 bridgehead atoms. The predicted octanol–water partition coefficient (Wildman–Crippen LogP) is 4.64. The van der Waals surface area contributed by atoms with Crippen molar-refractivity contribution in [2.75, 3.05) is 18.1 Å². The number of benzene rings is 3. The van der Waals surface area contributed by atoms with Gasteiger partial charge in [-0.2, -0.15) is 0 Å². The molecule has 1 N–H and O–H groups in total. The summed E-state index contributed by atoms with van der Waals surface area (Å²) in [5, 5.41) is 13.5. The third kappa shape index (κ3) is 4.51. The van der Waals surface area contributed by atoms with Crippen LogP contribution in [-0.4, -0.2) is 38.3 Å². The van der Waals surface area contributed by atoms with E-state index in [1.807, 2.05) is 43.3 Å². The van der Waals surface area contributed by atoms with Crippen molar-refractivity contribution in [3.8, 4) is 5.75 Å². The summed E-state index contributed by atoms with van der Waals surface area (Å²) < 4.78 is 20.9. The van der Waals surface area contributed by atoms with E-state index in [1.165, 1.54) is 17.7 Å². The van der Waals surface area contributed by atoms with E-state index in [1.54, 1.807) is 16.8 Å². The first-order valence-corrected chi connectivity index (χ1v) is 12.8. The molecule has 0 fully saturated rings. The second-order valence-electron chi connectivity index (χ2n) is 9.39. The maximum Gasteiger partial charge on any atom is 0.254 e. The number of nitrogens with one attached hydrogen (secondary N) is 1. The van der Waals surface area contributed by atoms with Gasteiger partial charge in [-0.05, 0) is 83.8 Å². The minimum absolute atomic E-state index is 0.203. The first-order valence-electron chi connectivity index (χ1n) is 12.8. The summed E-state index contributed by atoms with van der Waals surface area (Å²) in [6.07, 6.45) is 1.90. The van der Waals surface area contributed by atoms with E-state index in [4.69, 9.17) is 4.74 Å². The number of para-hydroxylation sites is 1. The Kier molecular flexibility index (Phi) is 6.33. The lowest BCUT2D eigenvalue weighted by molar-refractivity contribution is 0.340. The molecule has 6 rings (SSSR count). The topological polar surface area (TPSA) is 88.9 Å². The van der Waals surface area contributed by atoms with Gasteiger partial charge in [-0.3, -0.25) is 4.79 Å². The van der Waals surface area contributed by atoms with Gasteiger partial charge in [-0.25, -0.2) is 9.07 Å². The molecule has 192 valence electrons. The number of anilines is 1. The van der Waals surface area contributed by atoms with Crippen LogP contribution in [0.25, 0.3) is 10.9 Å². The van der Waals surface area contributed by atoms with E-state index >= 15 is 0 Å². The van der Waals surface area contributed by atoms with Crippen LogP contribution in [0.1, 0.15) is 41.9 Å². The van der Waals surface area contributed by atoms with Crippen LogP contribution in [0, 0.1) is 5.82 Å². The van der Waals surface area contributed by atoms with Crippen molar-refractivity contribution in [3.05, 3.63) is 111 Å². The molecular formula is C29H27FN6O2. The van der Waals surface area contributed by atoms with E-state index < -0.39 is 6.04 Å². The van der Waals surface area contributed by atoms with Gasteiger partial charge < -0.3 is 14.6 Å². The normalized spacial score (nSPS) is 13.9. The number of halogens is 1. The quantitative estimate of drug-likeness (QED) is 0.343. The van der Waals surface area contributed by atoms with Gasteiger partial charge in [0.15, 0.2) is 5.82 Å². The third-order valence-corrected chi connectivity index (χ3v) is 6.96. The van der Waals surface area contributed by atoms with E-state index in [2.05, 4.69) is 37.5 Å². The van der Waals surface area contributed by atoms with Gasteiger partial charge in [0.25, 0.3) is 5.56 Å². The van der Waals surface area contributed by atoms with Crippen LogP contribution in [0.4, 0.5) is 10.1 Å². The molecular weight excluding hydrogens is 483 g/mol. The highest BCUT2D eigenvalue weighted by molar-refractivity contribution is 5.81. The molecule has 8 nitrogen and oxygen atoms in total. The molecule has 0 radical (unpaired) electrons. The summed E-state index contributed by atoms with van der Waals surface area (Å²) in [4.78, 5) is 18.9. The Bertz CT molecular complexity index is 1650. The summed E-state index contributed by atoms with van der Waals surface area (Å²) in [6.45, 7) is 3.57. The number of ether oxygens (including phenoxy) is 1. The second kappa shape index (κ2) is 10.1. The van der Waals surface area contributed by atoms with Crippen LogP contribution in [0.15, 0.2) is 77.6 Å². The number of H-pyrrole nitrogens is 1. The van der Waals surface area contributed by atoms with Crippen LogP contribution >= 0.6 is 0 Å². The standard InChI is InChI=1S/C29H27FN6O2/c1-2-38-23-13-14-25-21(16-23)17-24(29(37)31-25)27(35-15-5-7-20-6-3-4-8-26(20)35)28-32-33-34-36(28)18-19-9-11-22(30)12-10-19/h3-4,6,8-14,16-17,27H,2,5,7,15,18H2,1H3,(H,31,37)/t27-/m1/s1. The molecule has 5 aromatic rings. The van der Waals surface area contributed by atoms with Gasteiger partial charge in [-0.15, -0.1) is 5.10 Å². The predicted molar refractivity (Wildman–Crippen MR) is 143 cm³/mol. The van der Waals surface area contributed by atoms with Crippen LogP contribution in [-0.2, 0) is 13.0 Å². The monoisotopic (exact) mass is 510 g/mol. The molecule has 2 aromatic heterocycles. The Morgan fingerprint density at radius 1 is 1.08 bits per heavy atom. The minimum Gasteiger partial charge on any atom is -0.494 e. The van der Waals surface area contributed by atoms with Crippen LogP contribution < -0.4 is 15.2 Å². The largest absolute Gasteiger partial charge is 0.494 e. The molecule has 0 saturated heterocycles. The van der Waals surface area contributed by atoms with Crippen molar-refractivity contribution in [3.63, 3.8) is 0 Å². The lowest BCUT2D eigenvalue weighted by atomic mass is 9.96. The van der Waals surface area contributed by atoms with Crippen molar-refractivity contribution in [1.82, 2.24) is 25.2 Å². The molecule has 1 aliphatic heterocycles. The van der Waals surface area contributed by atoms with Gasteiger partial charge in [0, 0.05) is 28.7 Å². The highest BCUT2D eigenvalue weighted by atomic mass is 19.1. The molecule has 9 heteroatoms. The van der Waals surface area contributed by atoms with Crippen LogP contribution in [0.3, 0.4) is 0 Å². The average Bonchev–Trinajstić information content (AvgIpc) is 3.38.